The van der Waals surface area contributed by atoms with Crippen molar-refractivity contribution < 1.29 is 14.4 Å². The Kier molecular flexibility index (Phi) is 5.24. The minimum atomic E-state index is -0.726. The molecule has 1 aromatic carbocycles. The van der Waals surface area contributed by atoms with E-state index in [-0.39, 0.29) is 13.2 Å². The monoisotopic (exact) mass is 364 g/mol. The minimum absolute atomic E-state index is 0.160. The third-order valence-electron chi connectivity index (χ3n) is 4.47. The van der Waals surface area contributed by atoms with Crippen LogP contribution in [0.5, 0.6) is 0 Å². The van der Waals surface area contributed by atoms with Crippen LogP contribution >= 0.6 is 11.6 Å². The van der Waals surface area contributed by atoms with Crippen LogP contribution < -0.4 is 4.90 Å². The molecule has 0 atom stereocenters. The van der Waals surface area contributed by atoms with E-state index < -0.39 is 17.8 Å². The van der Waals surface area contributed by atoms with Gasteiger partial charge in [0.15, 0.2) is 0 Å². The lowest BCUT2D eigenvalue weighted by Crippen LogP contribution is -2.51. The lowest BCUT2D eigenvalue weighted by molar-refractivity contribution is -0.144. The van der Waals surface area contributed by atoms with Crippen LogP contribution in [0, 0.1) is 0 Å². The Hall–Kier alpha value is -2.12. The summed E-state index contributed by atoms with van der Waals surface area (Å²) in [7, 11) is 0. The van der Waals surface area contributed by atoms with E-state index in [1.807, 2.05) is 36.1 Å². The maximum Gasteiger partial charge on any atom is 0.335 e. The second-order valence-electron chi connectivity index (χ2n) is 6.20. The molecule has 2 aliphatic rings. The first-order valence-electron chi connectivity index (χ1n) is 8.41. The van der Waals surface area contributed by atoms with Gasteiger partial charge < -0.3 is 4.90 Å². The molecule has 2 saturated heterocycles. The SMILES string of the molecule is CCCN1C(=O)C(=O)N(CN2CCN(c3cccc(Cl)c3)CC2)C1=O. The van der Waals surface area contributed by atoms with E-state index in [4.69, 9.17) is 11.6 Å². The Morgan fingerprint density at radius 1 is 1.00 bits per heavy atom. The molecule has 4 amide bonds. The number of halogens is 1. The maximum absolute atomic E-state index is 12.3. The summed E-state index contributed by atoms with van der Waals surface area (Å²) in [6.07, 6.45) is 0.636. The molecule has 0 saturated carbocycles. The quantitative estimate of drug-likeness (QED) is 0.587. The third kappa shape index (κ3) is 3.62. The van der Waals surface area contributed by atoms with Gasteiger partial charge in [-0.25, -0.2) is 9.69 Å². The number of hydrogen-bond acceptors (Lipinski definition) is 5. The fourth-order valence-corrected chi connectivity index (χ4v) is 3.30. The number of urea groups is 1. The van der Waals surface area contributed by atoms with Crippen molar-refractivity contribution in [2.45, 2.75) is 13.3 Å². The van der Waals surface area contributed by atoms with E-state index >= 15 is 0 Å². The molecule has 0 aliphatic carbocycles. The van der Waals surface area contributed by atoms with Crippen LogP contribution in [0.4, 0.5) is 10.5 Å². The molecule has 0 radical (unpaired) electrons. The van der Waals surface area contributed by atoms with Crippen LogP contribution in [-0.4, -0.2) is 71.9 Å². The minimum Gasteiger partial charge on any atom is -0.369 e. The van der Waals surface area contributed by atoms with Crippen LogP contribution in [0.2, 0.25) is 5.02 Å². The van der Waals surface area contributed by atoms with Crippen molar-refractivity contribution in [2.75, 3.05) is 44.3 Å². The van der Waals surface area contributed by atoms with E-state index in [1.165, 1.54) is 0 Å². The van der Waals surface area contributed by atoms with Gasteiger partial charge in [0.05, 0.1) is 6.67 Å². The van der Waals surface area contributed by atoms with E-state index in [9.17, 15) is 14.4 Å². The fourth-order valence-electron chi connectivity index (χ4n) is 3.12. The zero-order valence-corrected chi connectivity index (χ0v) is 14.9. The molecule has 3 rings (SSSR count). The van der Waals surface area contributed by atoms with Crippen molar-refractivity contribution in [3.63, 3.8) is 0 Å². The van der Waals surface area contributed by atoms with Crippen molar-refractivity contribution >= 4 is 35.1 Å². The first-order chi connectivity index (χ1) is 12.0. The average Bonchev–Trinajstić information content (AvgIpc) is 2.81. The van der Waals surface area contributed by atoms with Gasteiger partial charge >= 0.3 is 17.8 Å². The predicted molar refractivity (Wildman–Crippen MR) is 94.4 cm³/mol. The number of carbonyl (C=O) groups excluding carboxylic acids is 3. The van der Waals surface area contributed by atoms with Gasteiger partial charge in [-0.05, 0) is 24.6 Å². The zero-order chi connectivity index (χ0) is 18.0. The molecule has 2 fully saturated rings. The number of piperazine rings is 1. The smallest absolute Gasteiger partial charge is 0.335 e. The van der Waals surface area contributed by atoms with Gasteiger partial charge in [-0.2, -0.15) is 0 Å². The highest BCUT2D eigenvalue weighted by atomic mass is 35.5. The largest absolute Gasteiger partial charge is 0.369 e. The van der Waals surface area contributed by atoms with E-state index in [1.54, 1.807) is 0 Å². The fraction of sp³-hybridized carbons (Fsp3) is 0.471. The molecule has 0 aromatic heterocycles. The van der Waals surface area contributed by atoms with Crippen molar-refractivity contribution in [3.8, 4) is 0 Å². The number of benzene rings is 1. The topological polar surface area (TPSA) is 64.2 Å². The molecular weight excluding hydrogens is 344 g/mol. The molecule has 0 unspecified atom stereocenters. The number of imide groups is 2. The Morgan fingerprint density at radius 2 is 1.68 bits per heavy atom. The van der Waals surface area contributed by atoms with Gasteiger partial charge in [0, 0.05) is 43.4 Å². The van der Waals surface area contributed by atoms with Gasteiger partial charge in [0.2, 0.25) is 0 Å². The van der Waals surface area contributed by atoms with Crippen LogP contribution in [0.25, 0.3) is 0 Å². The molecule has 8 heteroatoms. The molecule has 0 N–H and O–H groups in total. The summed E-state index contributed by atoms with van der Waals surface area (Å²) >= 11 is 6.04. The first kappa shape index (κ1) is 17.7. The van der Waals surface area contributed by atoms with Gasteiger partial charge in [-0.15, -0.1) is 0 Å². The van der Waals surface area contributed by atoms with Crippen molar-refractivity contribution in [1.82, 2.24) is 14.7 Å². The summed E-state index contributed by atoms with van der Waals surface area (Å²) in [4.78, 5) is 42.5. The number of amides is 4. The average molecular weight is 365 g/mol. The second-order valence-corrected chi connectivity index (χ2v) is 6.64. The van der Waals surface area contributed by atoms with Gasteiger partial charge in [-0.1, -0.05) is 24.6 Å². The van der Waals surface area contributed by atoms with Crippen molar-refractivity contribution in [2.24, 2.45) is 0 Å². The molecule has 2 heterocycles. The Balaban J connectivity index is 1.58. The Labute approximate surface area is 151 Å². The first-order valence-corrected chi connectivity index (χ1v) is 8.79. The van der Waals surface area contributed by atoms with Gasteiger partial charge in [0.1, 0.15) is 0 Å². The molecule has 1 aromatic rings. The summed E-state index contributed by atoms with van der Waals surface area (Å²) in [5.41, 5.74) is 1.06. The van der Waals surface area contributed by atoms with E-state index in [0.29, 0.717) is 24.5 Å². The lowest BCUT2D eigenvalue weighted by Gasteiger charge is -2.37. The molecule has 2 aliphatic heterocycles. The zero-order valence-electron chi connectivity index (χ0n) is 14.2. The highest BCUT2D eigenvalue weighted by molar-refractivity contribution is 6.44. The summed E-state index contributed by atoms with van der Waals surface area (Å²) in [5, 5.41) is 0.697. The number of nitrogens with zero attached hydrogens (tertiary/aromatic N) is 4. The number of rotatable bonds is 5. The summed E-state index contributed by atoms with van der Waals surface area (Å²) in [6.45, 7) is 5.24. The number of carbonyl (C=O) groups is 3. The maximum atomic E-state index is 12.3. The number of hydrogen-bond donors (Lipinski definition) is 0. The number of anilines is 1. The molecule has 0 bridgehead atoms. The third-order valence-corrected chi connectivity index (χ3v) is 4.70. The molecular formula is C17H21ClN4O3. The molecule has 7 nitrogen and oxygen atoms in total. The van der Waals surface area contributed by atoms with Gasteiger partial charge in [0.25, 0.3) is 0 Å². The van der Waals surface area contributed by atoms with Crippen LogP contribution in [-0.2, 0) is 9.59 Å². The van der Waals surface area contributed by atoms with Crippen LogP contribution in [0.1, 0.15) is 13.3 Å². The highest BCUT2D eigenvalue weighted by Gasteiger charge is 2.44. The van der Waals surface area contributed by atoms with E-state index in [2.05, 4.69) is 4.90 Å². The Morgan fingerprint density at radius 3 is 2.32 bits per heavy atom. The molecule has 0 spiro atoms. The van der Waals surface area contributed by atoms with Crippen LogP contribution in [0.3, 0.4) is 0 Å². The normalized spacial score (nSPS) is 19.3. The van der Waals surface area contributed by atoms with Crippen LogP contribution in [0.15, 0.2) is 24.3 Å². The second kappa shape index (κ2) is 7.41. The summed E-state index contributed by atoms with van der Waals surface area (Å²) in [6, 6.07) is 7.18. The predicted octanol–water partition coefficient (Wildman–Crippen LogP) is 1.62. The van der Waals surface area contributed by atoms with E-state index in [0.717, 1.165) is 28.6 Å². The van der Waals surface area contributed by atoms with Gasteiger partial charge in [-0.3, -0.25) is 19.4 Å². The molecule has 134 valence electrons. The van der Waals surface area contributed by atoms with Crippen molar-refractivity contribution in [1.29, 1.82) is 0 Å². The van der Waals surface area contributed by atoms with Crippen molar-refractivity contribution in [3.05, 3.63) is 29.3 Å². The molecule has 25 heavy (non-hydrogen) atoms. The Bertz CT molecular complexity index is 688. The summed E-state index contributed by atoms with van der Waals surface area (Å²) < 4.78 is 0. The highest BCUT2D eigenvalue weighted by Crippen LogP contribution is 2.21. The lowest BCUT2D eigenvalue weighted by atomic mass is 10.2. The summed E-state index contributed by atoms with van der Waals surface area (Å²) in [5.74, 6) is -1.44. The standard InChI is InChI=1S/C17H21ClN4O3/c1-2-6-21-15(23)16(24)22(17(21)25)12-19-7-9-20(10-8-19)14-5-3-4-13(18)11-14/h3-5,11H,2,6-10,12H2,1H3.